The van der Waals surface area contributed by atoms with Gasteiger partial charge >= 0.3 is 18.3 Å². The number of hydrogen-bond acceptors (Lipinski definition) is 26. The Labute approximate surface area is 748 Å². The molecule has 0 unspecified atom stereocenters. The predicted octanol–water partition coefficient (Wildman–Crippen LogP) is 18.8. The van der Waals surface area contributed by atoms with Crippen LogP contribution in [-0.2, 0) is 39.7 Å². The lowest BCUT2D eigenvalue weighted by Gasteiger charge is -2.27. The first-order valence-electron chi connectivity index (χ1n) is 39.4. The number of carbonyl (C=O) groups excluding carboxylic acids is 5. The van der Waals surface area contributed by atoms with E-state index in [0.29, 0.717) is 91.7 Å². The lowest BCUT2D eigenvalue weighted by molar-refractivity contribution is 0.0566. The number of nitrogen functional groups attached to an aromatic ring is 1. The van der Waals surface area contributed by atoms with Crippen LogP contribution in [0.5, 0.6) is 23.0 Å². The maximum atomic E-state index is 13.1. The number of pyridine rings is 7. The average molecular weight is 1750 g/mol. The SMILES string of the molecule is CC(C)(C)OC(=O)Nc1ccc(C=O)cc1.CNc1c(-c2ccc(N(Cc3ccc(OC)cn3)C(=O)OC(C)(C)C)cc2)nc2cc(C#N)ccn12.CNc1c(-c2ccc(NCc3ccc(OC)cn3)cc2)nc2cc(C#N)ccn12.COc1ccc(CCl)nc1.COc1ccc(CN(C(=O)OC(C)(C)C)c2ccc(C=O)cc2)nc1.N#Cc1ccnc(N)c1.[C-]#[N+]C. The third kappa shape index (κ3) is 31.3. The lowest BCUT2D eigenvalue weighted by atomic mass is 10.1. The molecule has 0 fully saturated rings. The van der Waals surface area contributed by atoms with Crippen molar-refractivity contribution < 1.29 is 57.1 Å². The number of alkyl halides is 1. The number of nitrogens with one attached hydrogen (secondary N) is 4. The summed E-state index contributed by atoms with van der Waals surface area (Å²) in [6, 6.07) is 60.0. The van der Waals surface area contributed by atoms with E-state index in [1.807, 2.05) is 162 Å². The molecule has 0 aliphatic rings. The molecular formula is C95H101ClN20O12. The molecule has 0 aliphatic carbocycles. The molecule has 0 bridgehead atoms. The number of nitrogens with two attached hydrogens (primary N) is 1. The van der Waals surface area contributed by atoms with Crippen molar-refractivity contribution in [1.82, 2.24) is 43.7 Å². The van der Waals surface area contributed by atoms with Crippen molar-refractivity contribution in [2.45, 2.75) is 105 Å². The van der Waals surface area contributed by atoms with Crippen molar-refractivity contribution in [3.8, 4) is 63.7 Å². The van der Waals surface area contributed by atoms with Crippen LogP contribution in [0.1, 0.15) is 122 Å². The summed E-state index contributed by atoms with van der Waals surface area (Å²) in [6.07, 6.45) is 11.8. The standard InChI is InChI=1S/C27H28N6O3.C22H20N6O.C19H22N2O4.C12H15NO3.C7H8ClNO.C6H5N3.C2H3N/c1-27(2,3)36-26(34)33(17-20-8-11-22(35-5)16-30-20)21-9-6-19(7-10-21)24-25(29-4)32-13-12-18(15-28)14-23(32)31-24;1-24-22-21(27-20-11-15(12-23)9-10-28(20)22)16-3-5-17(6-4-16)25-13-18-7-8-19(29-2)14-26-18;1-19(2,3)25-18(23)21(16-8-5-14(13-22)6-9-16)12-15-7-10-17(24-4)11-20-15;1-12(2,3)16-11(15)13-10-6-4-9(8-14)5-7-10;1-10-7-3-2-6(4-8)9-5-7;7-4-5-1-2-9-6(8)3-5;1-3-2/h6-14,16,29H,17H2,1-5H3;3-11,14,24-25H,13H2,1-2H3;5-11,13H,12H2,1-4H3;4-8H,1-3H3,(H,13,15);2-3,5H,4H2,1H3;1-3H,(H2,8,9);1H3. The van der Waals surface area contributed by atoms with Gasteiger partial charge in [-0.1, -0.05) is 24.3 Å². The highest BCUT2D eigenvalue weighted by Gasteiger charge is 2.27. The van der Waals surface area contributed by atoms with Crippen LogP contribution in [0.15, 0.2) is 225 Å². The molecular weight excluding hydrogens is 1650 g/mol. The number of nitrogens with zero attached hydrogens (tertiary/aromatic N) is 15. The number of fused-ring (bicyclic) bond motifs is 2. The number of carbonyl (C=O) groups is 5. The Balaban J connectivity index is 0.000000221. The van der Waals surface area contributed by atoms with Gasteiger partial charge in [0.1, 0.15) is 92.5 Å². The van der Waals surface area contributed by atoms with Crippen molar-refractivity contribution in [1.29, 1.82) is 15.8 Å². The minimum absolute atomic E-state index is 0.228. The number of amides is 3. The minimum atomic E-state index is -0.650. The first kappa shape index (κ1) is 98.9. The fourth-order valence-electron chi connectivity index (χ4n) is 11.1. The van der Waals surface area contributed by atoms with E-state index in [9.17, 15) is 29.2 Å². The highest BCUT2D eigenvalue weighted by Crippen LogP contribution is 2.34. The number of aromatic nitrogens is 9. The highest BCUT2D eigenvalue weighted by molar-refractivity contribution is 6.16. The zero-order valence-corrected chi connectivity index (χ0v) is 74.7. The number of rotatable bonds is 21. The van der Waals surface area contributed by atoms with Crippen molar-refractivity contribution in [3.05, 3.63) is 287 Å². The fourth-order valence-corrected chi connectivity index (χ4v) is 11.3. The summed E-state index contributed by atoms with van der Waals surface area (Å²) < 4.78 is 40.4. The number of benzene rings is 4. The Morgan fingerprint density at radius 2 is 0.852 bits per heavy atom. The van der Waals surface area contributed by atoms with Crippen molar-refractivity contribution in [2.24, 2.45) is 0 Å². The molecule has 3 amide bonds. The number of ether oxygens (including phenoxy) is 7. The number of anilines is 7. The maximum absolute atomic E-state index is 13.1. The van der Waals surface area contributed by atoms with Crippen molar-refractivity contribution in [3.63, 3.8) is 0 Å². The molecule has 6 N–H and O–H groups in total. The van der Waals surface area contributed by atoms with Gasteiger partial charge in [0.25, 0.3) is 0 Å². The van der Waals surface area contributed by atoms with Gasteiger partial charge in [-0.2, -0.15) is 15.8 Å². The first-order chi connectivity index (χ1) is 61.3. The molecule has 33 heteroatoms. The number of imidazole rings is 2. The Morgan fingerprint density at radius 1 is 0.492 bits per heavy atom. The van der Waals surface area contributed by atoms with Crippen LogP contribution >= 0.6 is 11.6 Å². The summed E-state index contributed by atoms with van der Waals surface area (Å²) in [7, 11) is 11.5. The predicted molar refractivity (Wildman–Crippen MR) is 494 cm³/mol. The van der Waals surface area contributed by atoms with E-state index < -0.39 is 35.1 Å². The normalized spacial score (nSPS) is 10.4. The van der Waals surface area contributed by atoms with E-state index in [0.717, 1.165) is 80.9 Å². The van der Waals surface area contributed by atoms with Gasteiger partial charge in [-0.25, -0.2) is 35.9 Å². The molecule has 9 aromatic heterocycles. The molecule has 128 heavy (non-hydrogen) atoms. The molecule has 0 aliphatic heterocycles. The second-order valence-electron chi connectivity index (χ2n) is 30.0. The molecule has 0 saturated heterocycles. The highest BCUT2D eigenvalue weighted by atomic mass is 35.5. The van der Waals surface area contributed by atoms with E-state index in [1.54, 1.807) is 176 Å². The lowest BCUT2D eigenvalue weighted by Crippen LogP contribution is -2.36. The van der Waals surface area contributed by atoms with Crippen LogP contribution in [0, 0.1) is 40.6 Å². The van der Waals surface area contributed by atoms with Gasteiger partial charge in [0.05, 0.1) is 136 Å². The summed E-state index contributed by atoms with van der Waals surface area (Å²) in [6.45, 7) is 23.2. The van der Waals surface area contributed by atoms with Gasteiger partial charge in [0.2, 0.25) is 7.05 Å². The Hall–Kier alpha value is -16.2. The topological polar surface area (TPSA) is 405 Å². The molecule has 0 saturated carbocycles. The second-order valence-corrected chi connectivity index (χ2v) is 30.3. The fraction of sp³-hybridized carbons (Fsp3) is 0.242. The van der Waals surface area contributed by atoms with Gasteiger partial charge in [-0.15, -0.1) is 11.6 Å². The van der Waals surface area contributed by atoms with Crippen LogP contribution in [-0.4, -0.2) is 141 Å². The smallest absolute Gasteiger partial charge is 0.415 e. The number of aldehydes is 2. The molecule has 9 heterocycles. The molecule has 32 nitrogen and oxygen atoms in total. The van der Waals surface area contributed by atoms with E-state index in [2.05, 4.69) is 63.2 Å². The van der Waals surface area contributed by atoms with Crippen molar-refractivity contribution >= 4 is 94.0 Å². The summed E-state index contributed by atoms with van der Waals surface area (Å²) in [5.74, 6) is 5.30. The molecule has 0 radical (unpaired) electrons. The average Bonchev–Trinajstić information content (AvgIpc) is 1.64. The van der Waals surface area contributed by atoms with Gasteiger partial charge < -0.3 is 59.7 Å². The summed E-state index contributed by atoms with van der Waals surface area (Å²) in [5, 5.41) is 39.0. The van der Waals surface area contributed by atoms with E-state index in [1.165, 1.54) is 24.2 Å². The minimum Gasteiger partial charge on any atom is -0.495 e. The van der Waals surface area contributed by atoms with Gasteiger partial charge in [0.15, 0.2) is 0 Å². The van der Waals surface area contributed by atoms with Crippen LogP contribution in [0.4, 0.5) is 54.6 Å². The number of hydrogen-bond donors (Lipinski definition) is 5. The molecule has 0 spiro atoms. The van der Waals surface area contributed by atoms with E-state index in [4.69, 9.17) is 77.6 Å². The second kappa shape index (κ2) is 48.6. The van der Waals surface area contributed by atoms with Gasteiger partial charge in [-0.3, -0.25) is 53.4 Å². The molecule has 13 rings (SSSR count). The third-order valence-electron chi connectivity index (χ3n) is 17.1. The van der Waals surface area contributed by atoms with Crippen LogP contribution in [0.2, 0.25) is 0 Å². The van der Waals surface area contributed by atoms with E-state index in [-0.39, 0.29) is 13.1 Å². The third-order valence-corrected chi connectivity index (χ3v) is 17.4. The van der Waals surface area contributed by atoms with Crippen LogP contribution in [0.25, 0.3) is 38.7 Å². The quantitative estimate of drug-likeness (QED) is 0.0193. The largest absolute Gasteiger partial charge is 0.495 e. The van der Waals surface area contributed by atoms with Gasteiger partial charge in [0, 0.05) is 77.7 Å². The molecule has 13 aromatic rings. The summed E-state index contributed by atoms with van der Waals surface area (Å²) >= 11 is 5.52. The van der Waals surface area contributed by atoms with E-state index >= 15 is 0 Å². The summed E-state index contributed by atoms with van der Waals surface area (Å²) in [4.78, 5) is 94.4. The zero-order valence-electron chi connectivity index (χ0n) is 73.9. The Kier molecular flexibility index (Phi) is 37.6. The van der Waals surface area contributed by atoms with Crippen LogP contribution < -0.4 is 55.7 Å². The Bertz CT molecular complexity index is 5930. The monoisotopic (exact) mass is 1750 g/mol. The van der Waals surface area contributed by atoms with Crippen LogP contribution in [0.3, 0.4) is 0 Å². The molecule has 4 aromatic carbocycles. The molecule has 0 atom stereocenters. The van der Waals surface area contributed by atoms with Crippen molar-refractivity contribution in [2.75, 3.05) is 86.4 Å². The number of methoxy groups -OCH3 is 4. The number of halogens is 1. The zero-order chi connectivity index (χ0) is 93.5. The van der Waals surface area contributed by atoms with Gasteiger partial charge in [-0.05, 0) is 220 Å². The first-order valence-corrected chi connectivity index (χ1v) is 40.0. The number of nitriles is 3. The Morgan fingerprint density at radius 3 is 1.19 bits per heavy atom. The maximum Gasteiger partial charge on any atom is 0.415 e. The molecule has 660 valence electrons. The summed E-state index contributed by atoms with van der Waals surface area (Å²) in [5.41, 5.74) is 17.1.